The van der Waals surface area contributed by atoms with E-state index in [1.165, 1.54) is 16.9 Å². The van der Waals surface area contributed by atoms with E-state index in [0.717, 1.165) is 29.7 Å². The molecule has 1 unspecified atom stereocenters. The van der Waals surface area contributed by atoms with Gasteiger partial charge in [-0.15, -0.1) is 0 Å². The van der Waals surface area contributed by atoms with Crippen molar-refractivity contribution in [2.75, 3.05) is 18.1 Å². The Balaban J connectivity index is 1.70. The number of rotatable bonds is 4. The third kappa shape index (κ3) is 3.29. The van der Waals surface area contributed by atoms with E-state index in [1.807, 2.05) is 19.1 Å². The summed E-state index contributed by atoms with van der Waals surface area (Å²) in [6.45, 7) is 5.06. The van der Waals surface area contributed by atoms with Crippen molar-refractivity contribution in [1.82, 2.24) is 10.1 Å². The van der Waals surface area contributed by atoms with Gasteiger partial charge in [0.15, 0.2) is 5.13 Å². The van der Waals surface area contributed by atoms with E-state index in [0.29, 0.717) is 17.4 Å². The zero-order chi connectivity index (χ0) is 17.4. The number of aryl methyl sites for hydroxylation is 2. The Labute approximate surface area is 149 Å². The largest absolute Gasteiger partial charge is 0.376 e. The van der Waals surface area contributed by atoms with Crippen LogP contribution in [0, 0.1) is 13.8 Å². The van der Waals surface area contributed by atoms with E-state index < -0.39 is 0 Å². The second-order valence-electron chi connectivity index (χ2n) is 6.35. The average molecular weight is 357 g/mol. The van der Waals surface area contributed by atoms with Crippen molar-refractivity contribution in [3.8, 4) is 0 Å². The molecule has 0 aliphatic carbocycles. The van der Waals surface area contributed by atoms with Crippen molar-refractivity contribution < 1.29 is 14.1 Å². The monoisotopic (exact) mass is 357 g/mol. The molecule has 1 atom stereocenters. The SMILES string of the molecule is Cc1ccc2nc(N(CC3CCCO3)C(=O)c3cc(C)no3)sc2c1. The first-order valence-corrected chi connectivity index (χ1v) is 9.16. The molecule has 1 fully saturated rings. The second kappa shape index (κ2) is 6.57. The van der Waals surface area contributed by atoms with Crippen LogP contribution in [0.2, 0.25) is 0 Å². The number of nitrogens with zero attached hydrogens (tertiary/aromatic N) is 3. The minimum absolute atomic E-state index is 0.0294. The molecule has 130 valence electrons. The van der Waals surface area contributed by atoms with Gasteiger partial charge in [-0.1, -0.05) is 22.6 Å². The molecule has 2 aromatic heterocycles. The van der Waals surface area contributed by atoms with Crippen molar-refractivity contribution >= 4 is 32.6 Å². The summed E-state index contributed by atoms with van der Waals surface area (Å²) in [5.41, 5.74) is 2.75. The molecule has 6 nitrogen and oxygen atoms in total. The van der Waals surface area contributed by atoms with Gasteiger partial charge in [0.05, 0.1) is 28.6 Å². The number of hydrogen-bond donors (Lipinski definition) is 0. The van der Waals surface area contributed by atoms with Gasteiger partial charge in [-0.2, -0.15) is 0 Å². The highest BCUT2D eigenvalue weighted by molar-refractivity contribution is 7.22. The van der Waals surface area contributed by atoms with E-state index in [-0.39, 0.29) is 17.8 Å². The summed E-state index contributed by atoms with van der Waals surface area (Å²) in [6, 6.07) is 7.75. The predicted octanol–water partition coefficient (Wildman–Crippen LogP) is 3.73. The summed E-state index contributed by atoms with van der Waals surface area (Å²) < 4.78 is 12.0. The van der Waals surface area contributed by atoms with Gasteiger partial charge >= 0.3 is 0 Å². The van der Waals surface area contributed by atoms with Crippen LogP contribution in [0.25, 0.3) is 10.2 Å². The van der Waals surface area contributed by atoms with Crippen molar-refractivity contribution in [3.63, 3.8) is 0 Å². The van der Waals surface area contributed by atoms with Gasteiger partial charge in [-0.05, 0) is 44.4 Å². The fourth-order valence-corrected chi connectivity index (χ4v) is 4.04. The number of ether oxygens (including phenoxy) is 1. The molecule has 1 saturated heterocycles. The number of thiazole rings is 1. The molecule has 7 heteroatoms. The van der Waals surface area contributed by atoms with Crippen LogP contribution in [0.15, 0.2) is 28.8 Å². The molecule has 1 aromatic carbocycles. The number of fused-ring (bicyclic) bond motifs is 1. The van der Waals surface area contributed by atoms with Crippen molar-refractivity contribution in [3.05, 3.63) is 41.3 Å². The topological polar surface area (TPSA) is 68.5 Å². The van der Waals surface area contributed by atoms with Crippen LogP contribution in [0.5, 0.6) is 0 Å². The Kier molecular flexibility index (Phi) is 4.27. The Morgan fingerprint density at radius 3 is 2.96 bits per heavy atom. The van der Waals surface area contributed by atoms with Gasteiger partial charge in [0.1, 0.15) is 0 Å². The van der Waals surface area contributed by atoms with Crippen molar-refractivity contribution in [1.29, 1.82) is 0 Å². The second-order valence-corrected chi connectivity index (χ2v) is 7.36. The maximum atomic E-state index is 13.0. The van der Waals surface area contributed by atoms with Crippen LogP contribution in [0.1, 0.15) is 34.7 Å². The summed E-state index contributed by atoms with van der Waals surface area (Å²) in [5, 5.41) is 4.49. The zero-order valence-corrected chi connectivity index (χ0v) is 15.0. The number of amides is 1. The lowest BCUT2D eigenvalue weighted by atomic mass is 10.2. The zero-order valence-electron chi connectivity index (χ0n) is 14.2. The Morgan fingerprint density at radius 2 is 2.24 bits per heavy atom. The van der Waals surface area contributed by atoms with Crippen LogP contribution < -0.4 is 4.90 Å². The number of carbonyl (C=O) groups is 1. The van der Waals surface area contributed by atoms with E-state index >= 15 is 0 Å². The van der Waals surface area contributed by atoms with E-state index in [2.05, 4.69) is 16.2 Å². The van der Waals surface area contributed by atoms with Crippen LogP contribution in [-0.4, -0.2) is 35.3 Å². The van der Waals surface area contributed by atoms with Gasteiger partial charge in [-0.3, -0.25) is 9.69 Å². The molecule has 3 heterocycles. The lowest BCUT2D eigenvalue weighted by Crippen LogP contribution is -2.37. The standard InChI is InChI=1S/C18H19N3O3S/c1-11-5-6-14-16(8-11)25-18(19-14)21(10-13-4-3-7-23-13)17(22)15-9-12(2)20-24-15/h5-6,8-9,13H,3-4,7,10H2,1-2H3. The van der Waals surface area contributed by atoms with Crippen LogP contribution in [0.3, 0.4) is 0 Å². The molecular weight excluding hydrogens is 338 g/mol. The minimum atomic E-state index is -0.230. The smallest absolute Gasteiger partial charge is 0.298 e. The summed E-state index contributed by atoms with van der Waals surface area (Å²) in [5.74, 6) is -0.00203. The Hall–Kier alpha value is -2.25. The first-order valence-electron chi connectivity index (χ1n) is 8.34. The Morgan fingerprint density at radius 1 is 1.36 bits per heavy atom. The highest BCUT2D eigenvalue weighted by Gasteiger charge is 2.29. The van der Waals surface area contributed by atoms with Crippen LogP contribution in [0.4, 0.5) is 5.13 Å². The molecule has 0 spiro atoms. The van der Waals surface area contributed by atoms with Crippen molar-refractivity contribution in [2.24, 2.45) is 0 Å². The molecular formula is C18H19N3O3S. The molecule has 1 amide bonds. The fraction of sp³-hybridized carbons (Fsp3) is 0.389. The Bertz CT molecular complexity index is 911. The number of aromatic nitrogens is 2. The molecule has 0 bridgehead atoms. The number of benzene rings is 1. The maximum absolute atomic E-state index is 13.0. The molecule has 1 aliphatic heterocycles. The third-order valence-corrected chi connectivity index (χ3v) is 5.30. The van der Waals surface area contributed by atoms with Gasteiger partial charge < -0.3 is 9.26 Å². The third-order valence-electron chi connectivity index (χ3n) is 4.26. The summed E-state index contributed by atoms with van der Waals surface area (Å²) in [4.78, 5) is 19.3. The lowest BCUT2D eigenvalue weighted by molar-refractivity contribution is 0.0887. The lowest BCUT2D eigenvalue weighted by Gasteiger charge is -2.21. The predicted molar refractivity (Wildman–Crippen MR) is 96.2 cm³/mol. The van der Waals surface area contributed by atoms with Gasteiger partial charge in [0, 0.05) is 12.7 Å². The number of carbonyl (C=O) groups excluding carboxylic acids is 1. The van der Waals surface area contributed by atoms with Crippen LogP contribution in [-0.2, 0) is 4.74 Å². The van der Waals surface area contributed by atoms with Gasteiger partial charge in [-0.25, -0.2) is 4.98 Å². The van der Waals surface area contributed by atoms with E-state index in [9.17, 15) is 4.79 Å². The normalized spacial score (nSPS) is 17.3. The minimum Gasteiger partial charge on any atom is -0.376 e. The van der Waals surface area contributed by atoms with E-state index in [1.54, 1.807) is 17.9 Å². The molecule has 0 saturated carbocycles. The molecule has 0 radical (unpaired) electrons. The highest BCUT2D eigenvalue weighted by Crippen LogP contribution is 2.31. The molecule has 4 rings (SSSR count). The summed E-state index contributed by atoms with van der Waals surface area (Å²) in [6.07, 6.45) is 2.00. The van der Waals surface area contributed by atoms with Gasteiger partial charge in [0.2, 0.25) is 5.76 Å². The highest BCUT2D eigenvalue weighted by atomic mass is 32.1. The summed E-state index contributed by atoms with van der Waals surface area (Å²) >= 11 is 1.51. The first kappa shape index (κ1) is 16.2. The summed E-state index contributed by atoms with van der Waals surface area (Å²) in [7, 11) is 0. The van der Waals surface area contributed by atoms with Crippen molar-refractivity contribution in [2.45, 2.75) is 32.8 Å². The maximum Gasteiger partial charge on any atom is 0.298 e. The van der Waals surface area contributed by atoms with E-state index in [4.69, 9.17) is 9.26 Å². The molecule has 1 aliphatic rings. The molecule has 0 N–H and O–H groups in total. The van der Waals surface area contributed by atoms with Gasteiger partial charge in [0.25, 0.3) is 5.91 Å². The average Bonchev–Trinajstić information content (AvgIpc) is 3.31. The quantitative estimate of drug-likeness (QED) is 0.712. The fourth-order valence-electron chi connectivity index (χ4n) is 2.97. The first-order chi connectivity index (χ1) is 12.1. The number of anilines is 1. The van der Waals surface area contributed by atoms with Crippen LogP contribution >= 0.6 is 11.3 Å². The molecule has 25 heavy (non-hydrogen) atoms. The number of hydrogen-bond acceptors (Lipinski definition) is 6. The molecule has 3 aromatic rings.